The third-order valence-electron chi connectivity index (χ3n) is 3.30. The summed E-state index contributed by atoms with van der Waals surface area (Å²) in [7, 11) is 0. The lowest BCUT2D eigenvalue weighted by Gasteiger charge is -2.14. The van der Waals surface area contributed by atoms with Gasteiger partial charge in [-0.05, 0) is 42.7 Å². The van der Waals surface area contributed by atoms with Gasteiger partial charge in [0, 0.05) is 17.1 Å². The Morgan fingerprint density at radius 1 is 1.00 bits per heavy atom. The van der Waals surface area contributed by atoms with Crippen LogP contribution in [0.15, 0.2) is 36.4 Å². The number of ether oxygens (including phenoxy) is 1. The van der Waals surface area contributed by atoms with Crippen LogP contribution >= 0.6 is 11.6 Å². The van der Waals surface area contributed by atoms with Crippen molar-refractivity contribution in [1.29, 1.82) is 0 Å². The Labute approximate surface area is 119 Å². The summed E-state index contributed by atoms with van der Waals surface area (Å²) in [6.07, 6.45) is 0. The van der Waals surface area contributed by atoms with Crippen molar-refractivity contribution in [3.05, 3.63) is 63.7 Å². The van der Waals surface area contributed by atoms with Gasteiger partial charge in [0.15, 0.2) is 0 Å². The lowest BCUT2D eigenvalue weighted by molar-refractivity contribution is 0.301. The molecule has 2 nitrogen and oxygen atoms in total. The van der Waals surface area contributed by atoms with Crippen LogP contribution in [-0.4, -0.2) is 0 Å². The number of hydrogen-bond acceptors (Lipinski definition) is 2. The lowest BCUT2D eigenvalue weighted by atomic mass is 10.0. The Morgan fingerprint density at radius 2 is 1.63 bits per heavy atom. The number of halogens is 1. The Kier molecular flexibility index (Phi) is 4.46. The lowest BCUT2D eigenvalue weighted by Crippen LogP contribution is -2.05. The fraction of sp³-hybridized carbons (Fsp3) is 0.250. The van der Waals surface area contributed by atoms with Gasteiger partial charge >= 0.3 is 0 Å². The molecule has 0 spiro atoms. The molecule has 0 saturated carbocycles. The topological polar surface area (TPSA) is 35.2 Å². The molecule has 2 aromatic rings. The van der Waals surface area contributed by atoms with E-state index in [9.17, 15) is 0 Å². The van der Waals surface area contributed by atoms with E-state index < -0.39 is 0 Å². The molecule has 0 aliphatic carbocycles. The summed E-state index contributed by atoms with van der Waals surface area (Å²) in [6.45, 7) is 5.09. The van der Waals surface area contributed by atoms with Gasteiger partial charge in [-0.2, -0.15) is 0 Å². The van der Waals surface area contributed by atoms with E-state index >= 15 is 0 Å². The summed E-state index contributed by atoms with van der Waals surface area (Å²) in [4.78, 5) is 0. The standard InChI is InChI=1S/C16H18ClNO/c1-11-5-3-6-12(2)14(11)10-19-16-8-4-7-15(17)13(16)9-18/h3-8H,9-10,18H2,1-2H3. The number of aryl methyl sites for hydroxylation is 2. The van der Waals surface area contributed by atoms with Crippen molar-refractivity contribution in [2.24, 2.45) is 5.73 Å². The molecule has 2 rings (SSSR count). The van der Waals surface area contributed by atoms with E-state index in [4.69, 9.17) is 22.1 Å². The monoisotopic (exact) mass is 275 g/mol. The van der Waals surface area contributed by atoms with Crippen LogP contribution in [0.5, 0.6) is 5.75 Å². The molecule has 0 radical (unpaired) electrons. The second-order valence-electron chi connectivity index (χ2n) is 4.58. The third-order valence-corrected chi connectivity index (χ3v) is 3.65. The van der Waals surface area contributed by atoms with Gasteiger partial charge in [-0.3, -0.25) is 0 Å². The molecule has 19 heavy (non-hydrogen) atoms. The van der Waals surface area contributed by atoms with Gasteiger partial charge in [0.1, 0.15) is 12.4 Å². The molecule has 0 amide bonds. The van der Waals surface area contributed by atoms with E-state index in [1.165, 1.54) is 16.7 Å². The van der Waals surface area contributed by atoms with Crippen LogP contribution in [0.3, 0.4) is 0 Å². The minimum atomic E-state index is 0.377. The first-order valence-electron chi connectivity index (χ1n) is 6.29. The maximum atomic E-state index is 6.11. The first-order chi connectivity index (χ1) is 9.13. The van der Waals surface area contributed by atoms with Crippen molar-refractivity contribution in [2.45, 2.75) is 27.0 Å². The van der Waals surface area contributed by atoms with Gasteiger partial charge in [-0.15, -0.1) is 0 Å². The van der Waals surface area contributed by atoms with E-state index in [1.807, 2.05) is 18.2 Å². The third kappa shape index (κ3) is 3.09. The summed E-state index contributed by atoms with van der Waals surface area (Å²) in [5.74, 6) is 0.762. The second kappa shape index (κ2) is 6.09. The van der Waals surface area contributed by atoms with Crippen molar-refractivity contribution >= 4 is 11.6 Å². The Hall–Kier alpha value is -1.51. The van der Waals surface area contributed by atoms with Crippen LogP contribution in [0.25, 0.3) is 0 Å². The van der Waals surface area contributed by atoms with Gasteiger partial charge < -0.3 is 10.5 Å². The van der Waals surface area contributed by atoms with Crippen molar-refractivity contribution in [3.63, 3.8) is 0 Å². The number of nitrogens with two attached hydrogens (primary N) is 1. The SMILES string of the molecule is Cc1cccc(C)c1COc1cccc(Cl)c1CN. The number of rotatable bonds is 4. The molecule has 0 aliphatic heterocycles. The molecule has 0 fully saturated rings. The van der Waals surface area contributed by atoms with Gasteiger partial charge in [0.25, 0.3) is 0 Å². The zero-order chi connectivity index (χ0) is 13.8. The molecule has 0 unspecified atom stereocenters. The summed E-state index contributed by atoms with van der Waals surface area (Å²) in [6, 6.07) is 11.8. The van der Waals surface area contributed by atoms with E-state index in [0.717, 1.165) is 11.3 Å². The highest BCUT2D eigenvalue weighted by Gasteiger charge is 2.08. The van der Waals surface area contributed by atoms with Crippen molar-refractivity contribution in [2.75, 3.05) is 0 Å². The van der Waals surface area contributed by atoms with Crippen molar-refractivity contribution in [3.8, 4) is 5.75 Å². The molecule has 0 saturated heterocycles. The predicted molar refractivity (Wildman–Crippen MR) is 79.6 cm³/mol. The average Bonchev–Trinajstić information content (AvgIpc) is 2.38. The van der Waals surface area contributed by atoms with Crippen molar-refractivity contribution < 1.29 is 4.74 Å². The summed E-state index contributed by atoms with van der Waals surface area (Å²) >= 11 is 6.11. The minimum Gasteiger partial charge on any atom is -0.488 e. The first kappa shape index (κ1) is 13.9. The Morgan fingerprint density at radius 3 is 2.26 bits per heavy atom. The molecule has 0 aromatic heterocycles. The average molecular weight is 276 g/mol. The summed E-state index contributed by atoms with van der Waals surface area (Å²) in [5.41, 5.74) is 10.3. The quantitative estimate of drug-likeness (QED) is 0.915. The molecule has 0 aliphatic rings. The van der Waals surface area contributed by atoms with Crippen LogP contribution in [0.4, 0.5) is 0 Å². The molecular formula is C16H18ClNO. The first-order valence-corrected chi connectivity index (χ1v) is 6.66. The van der Waals surface area contributed by atoms with Crippen LogP contribution in [0.2, 0.25) is 5.02 Å². The molecule has 100 valence electrons. The molecule has 0 atom stereocenters. The van der Waals surface area contributed by atoms with Crippen LogP contribution in [0.1, 0.15) is 22.3 Å². The highest BCUT2D eigenvalue weighted by Crippen LogP contribution is 2.27. The molecule has 2 aromatic carbocycles. The Balaban J connectivity index is 2.22. The zero-order valence-corrected chi connectivity index (χ0v) is 12.0. The fourth-order valence-corrected chi connectivity index (χ4v) is 2.34. The smallest absolute Gasteiger partial charge is 0.125 e. The normalized spacial score (nSPS) is 10.5. The van der Waals surface area contributed by atoms with Gasteiger partial charge in [-0.1, -0.05) is 35.9 Å². The summed E-state index contributed by atoms with van der Waals surface area (Å²) in [5, 5.41) is 0.654. The van der Waals surface area contributed by atoms with Crippen LogP contribution in [0, 0.1) is 13.8 Å². The van der Waals surface area contributed by atoms with Gasteiger partial charge in [0.05, 0.1) is 0 Å². The maximum Gasteiger partial charge on any atom is 0.125 e. The largest absolute Gasteiger partial charge is 0.488 e. The molecule has 0 heterocycles. The zero-order valence-electron chi connectivity index (χ0n) is 11.2. The van der Waals surface area contributed by atoms with E-state index in [1.54, 1.807) is 0 Å². The molecular weight excluding hydrogens is 258 g/mol. The minimum absolute atomic E-state index is 0.377. The molecule has 0 bridgehead atoms. The van der Waals surface area contributed by atoms with Gasteiger partial charge in [0.2, 0.25) is 0 Å². The highest BCUT2D eigenvalue weighted by molar-refractivity contribution is 6.31. The van der Waals surface area contributed by atoms with Crippen molar-refractivity contribution in [1.82, 2.24) is 0 Å². The Bertz CT molecular complexity index is 561. The van der Waals surface area contributed by atoms with E-state index in [0.29, 0.717) is 18.2 Å². The van der Waals surface area contributed by atoms with E-state index in [-0.39, 0.29) is 0 Å². The number of benzene rings is 2. The van der Waals surface area contributed by atoms with Crippen LogP contribution < -0.4 is 10.5 Å². The maximum absolute atomic E-state index is 6.11. The molecule has 3 heteroatoms. The fourth-order valence-electron chi connectivity index (χ4n) is 2.10. The van der Waals surface area contributed by atoms with Crippen LogP contribution in [-0.2, 0) is 13.2 Å². The number of hydrogen-bond donors (Lipinski definition) is 1. The molecule has 2 N–H and O–H groups in total. The van der Waals surface area contributed by atoms with Gasteiger partial charge in [-0.25, -0.2) is 0 Å². The second-order valence-corrected chi connectivity index (χ2v) is 4.99. The van der Waals surface area contributed by atoms with E-state index in [2.05, 4.69) is 32.0 Å². The predicted octanol–water partition coefficient (Wildman–Crippen LogP) is 3.99. The summed E-state index contributed by atoms with van der Waals surface area (Å²) < 4.78 is 5.89. The highest BCUT2D eigenvalue weighted by atomic mass is 35.5.